The third-order valence-corrected chi connectivity index (χ3v) is 3.79. The van der Waals surface area contributed by atoms with Crippen LogP contribution in [-0.2, 0) is 16.1 Å². The van der Waals surface area contributed by atoms with Crippen LogP contribution in [0.2, 0.25) is 0 Å². The standard InChI is InChI=1S/C17H17NO4S/c1-23-15-4-2-3-14(9-15)18-16(20)11-22-17(21)13-7-5-12(10-19)6-8-13/h2-9,19H,10-11H2,1H3,(H,18,20). The maximum atomic E-state index is 11.8. The Bertz CT molecular complexity index is 685. The maximum absolute atomic E-state index is 11.8. The molecule has 0 aliphatic rings. The first-order valence-corrected chi connectivity index (χ1v) is 8.15. The highest BCUT2D eigenvalue weighted by molar-refractivity contribution is 7.98. The second-order valence-corrected chi connectivity index (χ2v) is 5.59. The first kappa shape index (κ1) is 17.1. The smallest absolute Gasteiger partial charge is 0.338 e. The molecule has 0 saturated carbocycles. The minimum absolute atomic E-state index is 0.0904. The molecule has 0 radical (unpaired) electrons. The monoisotopic (exact) mass is 331 g/mol. The molecule has 5 nitrogen and oxygen atoms in total. The Morgan fingerprint density at radius 1 is 1.17 bits per heavy atom. The van der Waals surface area contributed by atoms with Gasteiger partial charge in [-0.05, 0) is 42.2 Å². The van der Waals surface area contributed by atoms with Gasteiger partial charge in [0.2, 0.25) is 0 Å². The fourth-order valence-corrected chi connectivity index (χ4v) is 2.32. The number of hydrogen-bond donors (Lipinski definition) is 2. The Morgan fingerprint density at radius 3 is 2.57 bits per heavy atom. The second-order valence-electron chi connectivity index (χ2n) is 4.71. The van der Waals surface area contributed by atoms with E-state index in [2.05, 4.69) is 5.32 Å². The fourth-order valence-electron chi connectivity index (χ4n) is 1.86. The van der Waals surface area contributed by atoms with Crippen LogP contribution >= 0.6 is 11.8 Å². The first-order chi connectivity index (χ1) is 11.1. The minimum atomic E-state index is -0.581. The van der Waals surface area contributed by atoms with Gasteiger partial charge in [-0.3, -0.25) is 4.79 Å². The molecule has 0 aromatic heterocycles. The third-order valence-electron chi connectivity index (χ3n) is 3.06. The van der Waals surface area contributed by atoms with Crippen LogP contribution < -0.4 is 5.32 Å². The number of anilines is 1. The van der Waals surface area contributed by atoms with E-state index < -0.39 is 11.9 Å². The summed E-state index contributed by atoms with van der Waals surface area (Å²) in [6, 6.07) is 13.8. The molecule has 23 heavy (non-hydrogen) atoms. The van der Waals surface area contributed by atoms with E-state index in [1.807, 2.05) is 24.5 Å². The van der Waals surface area contributed by atoms with E-state index in [9.17, 15) is 9.59 Å². The predicted molar refractivity (Wildman–Crippen MR) is 89.5 cm³/mol. The number of hydrogen-bond acceptors (Lipinski definition) is 5. The van der Waals surface area contributed by atoms with E-state index in [1.54, 1.807) is 42.1 Å². The topological polar surface area (TPSA) is 75.6 Å². The molecule has 1 amide bonds. The van der Waals surface area contributed by atoms with Crippen molar-refractivity contribution in [3.63, 3.8) is 0 Å². The second kappa shape index (κ2) is 8.36. The number of esters is 1. The predicted octanol–water partition coefficient (Wildman–Crippen LogP) is 2.70. The molecule has 0 atom stereocenters. The molecular formula is C17H17NO4S. The number of carbonyl (C=O) groups is 2. The number of ether oxygens (including phenoxy) is 1. The molecule has 0 aliphatic heterocycles. The summed E-state index contributed by atoms with van der Waals surface area (Å²) in [5, 5.41) is 11.6. The average molecular weight is 331 g/mol. The molecule has 0 aliphatic carbocycles. The van der Waals surface area contributed by atoms with Crippen LogP contribution in [0.5, 0.6) is 0 Å². The van der Waals surface area contributed by atoms with Crippen LogP contribution in [0.3, 0.4) is 0 Å². The van der Waals surface area contributed by atoms with Crippen LogP contribution in [0.25, 0.3) is 0 Å². The third kappa shape index (κ3) is 5.12. The number of aliphatic hydroxyl groups excluding tert-OH is 1. The van der Waals surface area contributed by atoms with Gasteiger partial charge in [-0.2, -0.15) is 0 Å². The van der Waals surface area contributed by atoms with Gasteiger partial charge < -0.3 is 15.2 Å². The number of nitrogens with one attached hydrogen (secondary N) is 1. The van der Waals surface area contributed by atoms with Gasteiger partial charge in [0.15, 0.2) is 6.61 Å². The zero-order chi connectivity index (χ0) is 16.7. The molecule has 0 bridgehead atoms. The number of benzene rings is 2. The van der Waals surface area contributed by atoms with Crippen LogP contribution in [0.4, 0.5) is 5.69 Å². The molecule has 2 rings (SSSR count). The van der Waals surface area contributed by atoms with Crippen LogP contribution in [0.1, 0.15) is 15.9 Å². The number of rotatable bonds is 6. The van der Waals surface area contributed by atoms with Crippen LogP contribution in [0, 0.1) is 0 Å². The zero-order valence-corrected chi connectivity index (χ0v) is 13.4. The SMILES string of the molecule is CSc1cccc(NC(=O)COC(=O)c2ccc(CO)cc2)c1. The van der Waals surface area contributed by atoms with Crippen LogP contribution in [0.15, 0.2) is 53.4 Å². The van der Waals surface area contributed by atoms with E-state index in [-0.39, 0.29) is 13.2 Å². The van der Waals surface area contributed by atoms with Gasteiger partial charge in [0.25, 0.3) is 5.91 Å². The van der Waals surface area contributed by atoms with Gasteiger partial charge in [0.05, 0.1) is 12.2 Å². The summed E-state index contributed by atoms with van der Waals surface area (Å²) in [6.07, 6.45) is 1.95. The van der Waals surface area contributed by atoms with Crippen molar-refractivity contribution < 1.29 is 19.4 Å². The Hall–Kier alpha value is -2.31. The van der Waals surface area contributed by atoms with Gasteiger partial charge in [0, 0.05) is 10.6 Å². The Morgan fingerprint density at radius 2 is 1.91 bits per heavy atom. The van der Waals surface area contributed by atoms with Crippen molar-refractivity contribution in [1.29, 1.82) is 0 Å². The lowest BCUT2D eigenvalue weighted by molar-refractivity contribution is -0.119. The summed E-state index contributed by atoms with van der Waals surface area (Å²) in [5.74, 6) is -0.980. The van der Waals surface area contributed by atoms with Crippen molar-refractivity contribution in [2.45, 2.75) is 11.5 Å². The summed E-state index contributed by atoms with van der Waals surface area (Å²) in [7, 11) is 0. The highest BCUT2D eigenvalue weighted by Crippen LogP contribution is 2.18. The average Bonchev–Trinajstić information content (AvgIpc) is 2.60. The lowest BCUT2D eigenvalue weighted by Crippen LogP contribution is -2.20. The first-order valence-electron chi connectivity index (χ1n) is 6.93. The molecule has 120 valence electrons. The van der Waals surface area contributed by atoms with Crippen molar-refractivity contribution in [2.75, 3.05) is 18.2 Å². The number of aliphatic hydroxyl groups is 1. The summed E-state index contributed by atoms with van der Waals surface area (Å²) in [4.78, 5) is 24.7. The van der Waals surface area contributed by atoms with Crippen molar-refractivity contribution in [2.24, 2.45) is 0 Å². The Kier molecular flexibility index (Phi) is 6.19. The molecule has 0 spiro atoms. The van der Waals surface area contributed by atoms with E-state index in [1.165, 1.54) is 0 Å². The van der Waals surface area contributed by atoms with Crippen LogP contribution in [-0.4, -0.2) is 29.8 Å². The van der Waals surface area contributed by atoms with E-state index >= 15 is 0 Å². The molecule has 0 saturated heterocycles. The molecule has 2 aromatic rings. The molecule has 0 fully saturated rings. The van der Waals surface area contributed by atoms with E-state index in [0.717, 1.165) is 4.90 Å². The van der Waals surface area contributed by atoms with Crippen molar-refractivity contribution in [3.05, 3.63) is 59.7 Å². The van der Waals surface area contributed by atoms with E-state index in [4.69, 9.17) is 9.84 Å². The number of amides is 1. The fraction of sp³-hybridized carbons (Fsp3) is 0.176. The quantitative estimate of drug-likeness (QED) is 0.629. The minimum Gasteiger partial charge on any atom is -0.452 e. The van der Waals surface area contributed by atoms with Crippen molar-refractivity contribution >= 4 is 29.3 Å². The normalized spacial score (nSPS) is 10.2. The van der Waals surface area contributed by atoms with Gasteiger partial charge in [-0.1, -0.05) is 18.2 Å². The zero-order valence-electron chi connectivity index (χ0n) is 12.6. The van der Waals surface area contributed by atoms with Gasteiger partial charge >= 0.3 is 5.97 Å². The van der Waals surface area contributed by atoms with Gasteiger partial charge in [-0.25, -0.2) is 4.79 Å². The highest BCUT2D eigenvalue weighted by Gasteiger charge is 2.10. The number of carbonyl (C=O) groups excluding carboxylic acids is 2. The Labute approximate surface area is 138 Å². The maximum Gasteiger partial charge on any atom is 0.338 e. The van der Waals surface area contributed by atoms with Gasteiger partial charge in [0.1, 0.15) is 0 Å². The summed E-state index contributed by atoms with van der Waals surface area (Å²) in [5.41, 5.74) is 1.69. The van der Waals surface area contributed by atoms with Crippen molar-refractivity contribution in [3.8, 4) is 0 Å². The number of thioether (sulfide) groups is 1. The Balaban J connectivity index is 1.86. The molecule has 2 N–H and O–H groups in total. The summed E-state index contributed by atoms with van der Waals surface area (Å²) in [6.45, 7) is -0.447. The van der Waals surface area contributed by atoms with E-state index in [0.29, 0.717) is 16.8 Å². The lowest BCUT2D eigenvalue weighted by atomic mass is 10.1. The van der Waals surface area contributed by atoms with Gasteiger partial charge in [-0.15, -0.1) is 11.8 Å². The summed E-state index contributed by atoms with van der Waals surface area (Å²) >= 11 is 1.57. The molecule has 2 aromatic carbocycles. The molecular weight excluding hydrogens is 314 g/mol. The summed E-state index contributed by atoms with van der Waals surface area (Å²) < 4.78 is 4.97. The molecule has 6 heteroatoms. The molecule has 0 heterocycles. The van der Waals surface area contributed by atoms with Crippen molar-refractivity contribution in [1.82, 2.24) is 0 Å². The highest BCUT2D eigenvalue weighted by atomic mass is 32.2. The molecule has 0 unspecified atom stereocenters. The largest absolute Gasteiger partial charge is 0.452 e. The lowest BCUT2D eigenvalue weighted by Gasteiger charge is -2.08.